The van der Waals surface area contributed by atoms with E-state index in [1.807, 2.05) is 18.2 Å². The molecule has 0 radical (unpaired) electrons. The van der Waals surface area contributed by atoms with E-state index in [9.17, 15) is 0 Å². The predicted octanol–water partition coefficient (Wildman–Crippen LogP) is 4.03. The van der Waals surface area contributed by atoms with Crippen molar-refractivity contribution in [1.82, 2.24) is 10.6 Å². The second-order valence-corrected chi connectivity index (χ2v) is 7.24. The van der Waals surface area contributed by atoms with Crippen molar-refractivity contribution in [2.24, 2.45) is 4.99 Å². The number of nitrogens with zero attached hydrogens (tertiary/aromatic N) is 1. The lowest BCUT2D eigenvalue weighted by atomic mass is 9.91. The Labute approximate surface area is 177 Å². The standard InChI is InChI=1S/C19H27N3O2S.HI/c1-19(2,16-10-7-11-25-16)13-22-18(20-3)21-12-14-8-6-9-15(23-4)17(14)24-5;/h6-11H,12-13H2,1-5H3,(H2,20,21,22);1H. The number of hydrogen-bond acceptors (Lipinski definition) is 4. The first-order valence-electron chi connectivity index (χ1n) is 8.20. The van der Waals surface area contributed by atoms with Gasteiger partial charge in [-0.15, -0.1) is 35.3 Å². The summed E-state index contributed by atoms with van der Waals surface area (Å²) in [7, 11) is 5.07. The third kappa shape index (κ3) is 5.77. The molecule has 0 fully saturated rings. The number of aliphatic imine (C=N–C) groups is 1. The van der Waals surface area contributed by atoms with Gasteiger partial charge in [-0.05, 0) is 17.5 Å². The maximum Gasteiger partial charge on any atom is 0.191 e. The summed E-state index contributed by atoms with van der Waals surface area (Å²) >= 11 is 1.78. The minimum atomic E-state index is 0. The van der Waals surface area contributed by atoms with Gasteiger partial charge in [0, 0.05) is 36.0 Å². The Morgan fingerprint density at radius 1 is 1.12 bits per heavy atom. The Morgan fingerprint density at radius 2 is 1.88 bits per heavy atom. The van der Waals surface area contributed by atoms with Gasteiger partial charge in [0.2, 0.25) is 0 Å². The van der Waals surface area contributed by atoms with Crippen LogP contribution in [0.25, 0.3) is 0 Å². The van der Waals surface area contributed by atoms with Gasteiger partial charge in [0.15, 0.2) is 17.5 Å². The van der Waals surface area contributed by atoms with E-state index in [-0.39, 0.29) is 29.4 Å². The first kappa shape index (κ1) is 22.6. The first-order valence-corrected chi connectivity index (χ1v) is 9.08. The van der Waals surface area contributed by atoms with E-state index in [1.54, 1.807) is 32.6 Å². The van der Waals surface area contributed by atoms with E-state index in [1.165, 1.54) is 4.88 Å². The molecule has 0 spiro atoms. The van der Waals surface area contributed by atoms with E-state index in [0.717, 1.165) is 29.6 Å². The highest BCUT2D eigenvalue weighted by molar-refractivity contribution is 14.0. The molecule has 1 aromatic carbocycles. The minimum absolute atomic E-state index is 0. The maximum absolute atomic E-state index is 5.47. The van der Waals surface area contributed by atoms with Gasteiger partial charge in [0.25, 0.3) is 0 Å². The van der Waals surface area contributed by atoms with Gasteiger partial charge >= 0.3 is 0 Å². The van der Waals surface area contributed by atoms with Crippen LogP contribution in [0.4, 0.5) is 0 Å². The van der Waals surface area contributed by atoms with Crippen molar-refractivity contribution in [2.75, 3.05) is 27.8 Å². The normalized spacial score (nSPS) is 11.5. The van der Waals surface area contributed by atoms with Gasteiger partial charge in [0.05, 0.1) is 14.2 Å². The number of methoxy groups -OCH3 is 2. The van der Waals surface area contributed by atoms with E-state index in [4.69, 9.17) is 9.47 Å². The van der Waals surface area contributed by atoms with Crippen molar-refractivity contribution < 1.29 is 9.47 Å². The number of ether oxygens (including phenoxy) is 2. The summed E-state index contributed by atoms with van der Waals surface area (Å²) in [5, 5.41) is 8.85. The molecular weight excluding hydrogens is 461 g/mol. The van der Waals surface area contributed by atoms with Crippen LogP contribution in [0, 0.1) is 0 Å². The lowest BCUT2D eigenvalue weighted by Crippen LogP contribution is -2.43. The summed E-state index contributed by atoms with van der Waals surface area (Å²) in [5.41, 5.74) is 1.06. The summed E-state index contributed by atoms with van der Waals surface area (Å²) in [4.78, 5) is 5.66. The first-order chi connectivity index (χ1) is 12.0. The zero-order valence-corrected chi connectivity index (χ0v) is 19.1. The molecule has 0 aliphatic carbocycles. The Balaban J connectivity index is 0.00000338. The molecule has 2 N–H and O–H groups in total. The monoisotopic (exact) mass is 489 g/mol. The number of para-hydroxylation sites is 1. The molecule has 1 aromatic heterocycles. The Hall–Kier alpha value is -1.48. The average Bonchev–Trinajstić information content (AvgIpc) is 3.17. The van der Waals surface area contributed by atoms with Crippen molar-refractivity contribution in [1.29, 1.82) is 0 Å². The Morgan fingerprint density at radius 3 is 2.46 bits per heavy atom. The molecule has 0 saturated heterocycles. The summed E-state index contributed by atoms with van der Waals surface area (Å²) in [6.07, 6.45) is 0. The second kappa shape index (κ2) is 10.6. The van der Waals surface area contributed by atoms with Crippen LogP contribution >= 0.6 is 35.3 Å². The average molecular weight is 489 g/mol. The molecule has 144 valence electrons. The van der Waals surface area contributed by atoms with Crippen molar-refractivity contribution in [3.63, 3.8) is 0 Å². The van der Waals surface area contributed by atoms with E-state index < -0.39 is 0 Å². The summed E-state index contributed by atoms with van der Waals surface area (Å²) in [6, 6.07) is 10.1. The summed E-state index contributed by atoms with van der Waals surface area (Å²) < 4.78 is 10.8. The largest absolute Gasteiger partial charge is 0.493 e. The highest BCUT2D eigenvalue weighted by atomic mass is 127. The van der Waals surface area contributed by atoms with Crippen LogP contribution in [-0.4, -0.2) is 33.8 Å². The molecule has 0 atom stereocenters. The fourth-order valence-electron chi connectivity index (χ4n) is 2.55. The number of guanidine groups is 1. The number of hydrogen-bond donors (Lipinski definition) is 2. The van der Waals surface area contributed by atoms with E-state index >= 15 is 0 Å². The summed E-state index contributed by atoms with van der Waals surface area (Å²) in [6.45, 7) is 5.84. The van der Waals surface area contributed by atoms with Crippen molar-refractivity contribution in [2.45, 2.75) is 25.8 Å². The van der Waals surface area contributed by atoms with Crippen LogP contribution in [0.15, 0.2) is 40.7 Å². The highest BCUT2D eigenvalue weighted by Gasteiger charge is 2.22. The van der Waals surface area contributed by atoms with Gasteiger partial charge in [0.1, 0.15) is 0 Å². The van der Waals surface area contributed by atoms with Gasteiger partial charge in [-0.2, -0.15) is 0 Å². The third-order valence-electron chi connectivity index (χ3n) is 4.04. The second-order valence-electron chi connectivity index (χ2n) is 6.29. The zero-order valence-electron chi connectivity index (χ0n) is 16.0. The quantitative estimate of drug-likeness (QED) is 0.351. The van der Waals surface area contributed by atoms with E-state index in [0.29, 0.717) is 6.54 Å². The number of benzene rings is 1. The van der Waals surface area contributed by atoms with Gasteiger partial charge in [-0.3, -0.25) is 4.99 Å². The van der Waals surface area contributed by atoms with Crippen LogP contribution in [0.2, 0.25) is 0 Å². The molecule has 2 rings (SSSR count). The predicted molar refractivity (Wildman–Crippen MR) is 121 cm³/mol. The van der Waals surface area contributed by atoms with Gasteiger partial charge < -0.3 is 20.1 Å². The third-order valence-corrected chi connectivity index (χ3v) is 5.28. The van der Waals surface area contributed by atoms with Crippen molar-refractivity contribution in [3.05, 3.63) is 46.2 Å². The fourth-order valence-corrected chi connectivity index (χ4v) is 3.40. The van der Waals surface area contributed by atoms with Crippen molar-refractivity contribution >= 4 is 41.3 Å². The molecule has 5 nitrogen and oxygen atoms in total. The van der Waals surface area contributed by atoms with Crippen LogP contribution in [0.3, 0.4) is 0 Å². The number of thiophene rings is 1. The maximum atomic E-state index is 5.47. The summed E-state index contributed by atoms with van der Waals surface area (Å²) in [5.74, 6) is 2.23. The SMILES string of the molecule is CN=C(NCc1cccc(OC)c1OC)NCC(C)(C)c1cccs1.I. The lowest BCUT2D eigenvalue weighted by molar-refractivity contribution is 0.351. The molecule has 0 amide bonds. The Kier molecular flexibility index (Phi) is 9.21. The number of nitrogens with one attached hydrogen (secondary N) is 2. The molecule has 0 aliphatic heterocycles. The number of rotatable bonds is 7. The van der Waals surface area contributed by atoms with Gasteiger partial charge in [-0.1, -0.05) is 32.0 Å². The minimum Gasteiger partial charge on any atom is -0.493 e. The molecule has 0 aliphatic rings. The molecule has 26 heavy (non-hydrogen) atoms. The molecular formula is C19H28IN3O2S. The lowest BCUT2D eigenvalue weighted by Gasteiger charge is -2.25. The molecule has 2 aromatic rings. The zero-order chi connectivity index (χ0) is 18.3. The van der Waals surface area contributed by atoms with Crippen molar-refractivity contribution in [3.8, 4) is 11.5 Å². The molecule has 0 unspecified atom stereocenters. The van der Waals surface area contributed by atoms with E-state index in [2.05, 4.69) is 47.0 Å². The molecule has 1 heterocycles. The fraction of sp³-hybridized carbons (Fsp3) is 0.421. The van der Waals surface area contributed by atoms with Crippen LogP contribution < -0.4 is 20.1 Å². The van der Waals surface area contributed by atoms with Crippen LogP contribution in [-0.2, 0) is 12.0 Å². The number of halogens is 1. The molecule has 0 saturated carbocycles. The highest BCUT2D eigenvalue weighted by Crippen LogP contribution is 2.30. The molecule has 7 heteroatoms. The smallest absolute Gasteiger partial charge is 0.191 e. The Bertz CT molecular complexity index is 703. The topological polar surface area (TPSA) is 54.9 Å². The van der Waals surface area contributed by atoms with Crippen LogP contribution in [0.5, 0.6) is 11.5 Å². The molecule has 0 bridgehead atoms. The van der Waals surface area contributed by atoms with Crippen LogP contribution in [0.1, 0.15) is 24.3 Å². The van der Waals surface area contributed by atoms with Gasteiger partial charge in [-0.25, -0.2) is 0 Å².